The Morgan fingerprint density at radius 2 is 1.60 bits per heavy atom. The Balaban J connectivity index is 2.33. The lowest BCUT2D eigenvalue weighted by Gasteiger charge is -2.53. The Morgan fingerprint density at radius 1 is 0.894 bits per heavy atom. The van der Waals surface area contributed by atoms with Crippen molar-refractivity contribution in [3.05, 3.63) is 71.9 Å². The molecular weight excluding hydrogens is 608 g/mol. The van der Waals surface area contributed by atoms with Gasteiger partial charge >= 0.3 is 23.9 Å². The lowest BCUT2D eigenvalue weighted by atomic mass is 9.78. The van der Waals surface area contributed by atoms with Crippen molar-refractivity contribution in [1.29, 1.82) is 0 Å². The molecule has 11 nitrogen and oxygen atoms in total. The van der Waals surface area contributed by atoms with E-state index in [0.29, 0.717) is 44.1 Å². The highest BCUT2D eigenvalue weighted by Crippen LogP contribution is 2.48. The summed E-state index contributed by atoms with van der Waals surface area (Å²) < 4.78 is 19.4. The van der Waals surface area contributed by atoms with Crippen LogP contribution < -0.4 is 0 Å². The van der Waals surface area contributed by atoms with Crippen molar-refractivity contribution in [1.82, 2.24) is 0 Å². The maximum Gasteiger partial charge on any atom is 0.331 e. The van der Waals surface area contributed by atoms with Crippen LogP contribution in [0.2, 0.25) is 0 Å². The first-order valence-corrected chi connectivity index (χ1v) is 16.1. The summed E-state index contributed by atoms with van der Waals surface area (Å²) >= 11 is 0. The fraction of sp³-hybridized carbons (Fsp3) is 0.556. The summed E-state index contributed by atoms with van der Waals surface area (Å²) in [5.74, 6) is -5.38. The van der Waals surface area contributed by atoms with Crippen LogP contribution in [-0.4, -0.2) is 74.0 Å². The van der Waals surface area contributed by atoms with Crippen molar-refractivity contribution in [2.75, 3.05) is 0 Å². The molecule has 260 valence electrons. The third-order valence-corrected chi connectivity index (χ3v) is 8.58. The Labute approximate surface area is 277 Å². The topological polar surface area (TPSA) is 177 Å². The van der Waals surface area contributed by atoms with Gasteiger partial charge in [0.2, 0.25) is 0 Å². The van der Waals surface area contributed by atoms with Gasteiger partial charge in [-0.25, -0.2) is 19.2 Å². The third kappa shape index (κ3) is 13.1. The molecule has 0 bridgehead atoms. The molecule has 0 aromatic heterocycles. The standard InChI is InChI=1S/C36H50O11/c1-6-7-19-35(47-34(44)17-16-32(40)41)21-22-36(46-30(35)14-10-25(3)23-33(42)43)20-18-27(5)29(45-36)13-9-24(2)8-12-28(37)26(4)11-15-31(38)39/h8-12,14-17,23,26-30,37H,6-7,13,18-22H2,1-5H3,(H,38,39)(H,40,41)(H,42,43)/b12-8+,14-10+,15-11+,17-16+,24-9+,25-23+/t26-,27-,28-,29+,30-,35+,36-/m0/s1. The molecular formula is C36H50O11. The Morgan fingerprint density at radius 3 is 2.23 bits per heavy atom. The number of aliphatic hydroxyl groups excluding tert-OH is 1. The van der Waals surface area contributed by atoms with E-state index in [9.17, 15) is 29.4 Å². The van der Waals surface area contributed by atoms with Gasteiger partial charge in [-0.1, -0.05) is 69.2 Å². The maximum atomic E-state index is 12.8. The van der Waals surface area contributed by atoms with E-state index in [1.165, 1.54) is 6.08 Å². The molecule has 2 rings (SSSR count). The van der Waals surface area contributed by atoms with Crippen LogP contribution in [0.15, 0.2) is 71.9 Å². The number of carboxylic acid groups (broad SMARTS) is 3. The van der Waals surface area contributed by atoms with E-state index in [-0.39, 0.29) is 17.9 Å². The highest BCUT2D eigenvalue weighted by molar-refractivity contribution is 5.91. The van der Waals surface area contributed by atoms with Gasteiger partial charge in [-0.15, -0.1) is 0 Å². The summed E-state index contributed by atoms with van der Waals surface area (Å²) in [6.45, 7) is 9.40. The first-order valence-electron chi connectivity index (χ1n) is 16.1. The Kier molecular flexibility index (Phi) is 15.5. The molecule has 2 aliphatic heterocycles. The van der Waals surface area contributed by atoms with Crippen LogP contribution in [-0.2, 0) is 33.4 Å². The van der Waals surface area contributed by atoms with Gasteiger partial charge in [0.15, 0.2) is 5.79 Å². The number of esters is 1. The number of hydrogen-bond donors (Lipinski definition) is 4. The maximum absolute atomic E-state index is 12.8. The zero-order valence-corrected chi connectivity index (χ0v) is 28.0. The van der Waals surface area contributed by atoms with E-state index in [2.05, 4.69) is 6.92 Å². The molecule has 0 aliphatic carbocycles. The minimum atomic E-state index is -1.27. The molecule has 2 saturated heterocycles. The van der Waals surface area contributed by atoms with Crippen LogP contribution in [0.1, 0.15) is 86.0 Å². The highest BCUT2D eigenvalue weighted by Gasteiger charge is 2.54. The van der Waals surface area contributed by atoms with Gasteiger partial charge in [-0.05, 0) is 57.4 Å². The molecule has 4 N–H and O–H groups in total. The fourth-order valence-corrected chi connectivity index (χ4v) is 5.69. The second-order valence-corrected chi connectivity index (χ2v) is 12.6. The number of hydrogen-bond acceptors (Lipinski definition) is 8. The number of ether oxygens (including phenoxy) is 3. The normalized spacial score (nSPS) is 28.8. The van der Waals surface area contributed by atoms with Crippen molar-refractivity contribution < 1.29 is 53.8 Å². The summed E-state index contributed by atoms with van der Waals surface area (Å²) in [6.07, 6.45) is 16.8. The van der Waals surface area contributed by atoms with E-state index in [1.807, 2.05) is 19.9 Å². The molecule has 0 saturated carbocycles. The third-order valence-electron chi connectivity index (χ3n) is 8.58. The molecule has 0 aromatic carbocycles. The van der Waals surface area contributed by atoms with Gasteiger partial charge in [0.1, 0.15) is 11.7 Å². The molecule has 47 heavy (non-hydrogen) atoms. The summed E-state index contributed by atoms with van der Waals surface area (Å²) in [6, 6.07) is 0. The molecule has 0 radical (unpaired) electrons. The van der Waals surface area contributed by atoms with Crippen molar-refractivity contribution in [2.24, 2.45) is 11.8 Å². The minimum Gasteiger partial charge on any atom is -0.478 e. The molecule has 0 unspecified atom stereocenters. The summed E-state index contributed by atoms with van der Waals surface area (Å²) in [7, 11) is 0. The predicted molar refractivity (Wildman–Crippen MR) is 175 cm³/mol. The average molecular weight is 659 g/mol. The molecule has 2 aliphatic rings. The number of aliphatic carboxylic acids is 3. The second kappa shape index (κ2) is 18.5. The Bertz CT molecular complexity index is 1290. The van der Waals surface area contributed by atoms with Gasteiger partial charge in [0, 0.05) is 43.1 Å². The van der Waals surface area contributed by atoms with Crippen LogP contribution in [0.5, 0.6) is 0 Å². The lowest BCUT2D eigenvalue weighted by molar-refractivity contribution is -0.344. The average Bonchev–Trinajstić information content (AvgIpc) is 3.01. The zero-order chi connectivity index (χ0) is 35.2. The highest BCUT2D eigenvalue weighted by atomic mass is 16.7. The first-order chi connectivity index (χ1) is 22.1. The van der Waals surface area contributed by atoms with E-state index in [0.717, 1.165) is 42.7 Å². The lowest BCUT2D eigenvalue weighted by Crippen LogP contribution is -2.59. The van der Waals surface area contributed by atoms with Crippen LogP contribution in [0.4, 0.5) is 0 Å². The SMILES string of the molecule is CCCC[C@@]1(OC(=O)/C=C/C(=O)O)CC[C@]2(CC[C@H](C)[C@@H](C/C=C(C)/C=C/[C@H](O)[C@@H](C)/C=C/C(=O)O)O2)O[C@H]1/C=C/C(C)=C/C(=O)O. The van der Waals surface area contributed by atoms with Crippen LogP contribution in [0, 0.1) is 11.8 Å². The number of carboxylic acids is 3. The van der Waals surface area contributed by atoms with Gasteiger partial charge in [0.25, 0.3) is 0 Å². The monoisotopic (exact) mass is 658 g/mol. The molecule has 2 heterocycles. The predicted octanol–water partition coefficient (Wildman–Crippen LogP) is 5.91. The number of allylic oxidation sites excluding steroid dienone is 4. The quantitative estimate of drug-likeness (QED) is 0.0881. The van der Waals surface area contributed by atoms with Crippen molar-refractivity contribution in [2.45, 2.75) is 116 Å². The van der Waals surface area contributed by atoms with Crippen molar-refractivity contribution >= 4 is 23.9 Å². The van der Waals surface area contributed by atoms with E-state index < -0.39 is 47.5 Å². The van der Waals surface area contributed by atoms with Crippen molar-refractivity contribution in [3.63, 3.8) is 0 Å². The molecule has 0 amide bonds. The number of carbonyl (C=O) groups excluding carboxylic acids is 1. The number of rotatable bonds is 16. The smallest absolute Gasteiger partial charge is 0.331 e. The summed E-state index contributed by atoms with van der Waals surface area (Å²) in [4.78, 5) is 45.8. The van der Waals surface area contributed by atoms with E-state index in [1.54, 1.807) is 38.2 Å². The van der Waals surface area contributed by atoms with Gasteiger partial charge in [-0.3, -0.25) is 0 Å². The van der Waals surface area contributed by atoms with Crippen LogP contribution in [0.3, 0.4) is 0 Å². The van der Waals surface area contributed by atoms with Crippen molar-refractivity contribution in [3.8, 4) is 0 Å². The van der Waals surface area contributed by atoms with Gasteiger partial charge < -0.3 is 34.6 Å². The minimum absolute atomic E-state index is 0.197. The number of aliphatic hydroxyl groups is 1. The van der Waals surface area contributed by atoms with E-state index in [4.69, 9.17) is 24.4 Å². The number of unbranched alkanes of at least 4 members (excludes halogenated alkanes) is 1. The second-order valence-electron chi connectivity index (χ2n) is 12.6. The van der Waals surface area contributed by atoms with E-state index >= 15 is 0 Å². The summed E-state index contributed by atoms with van der Waals surface area (Å²) in [5, 5.41) is 37.4. The Hall–Kier alpha value is -3.80. The first kappa shape index (κ1) is 39.4. The van der Waals surface area contributed by atoms with Gasteiger partial charge in [-0.2, -0.15) is 0 Å². The molecule has 0 aromatic rings. The fourth-order valence-electron chi connectivity index (χ4n) is 5.69. The molecule has 7 atom stereocenters. The molecule has 11 heteroatoms. The van der Waals surface area contributed by atoms with Gasteiger partial charge in [0.05, 0.1) is 12.2 Å². The zero-order valence-electron chi connectivity index (χ0n) is 28.0. The largest absolute Gasteiger partial charge is 0.478 e. The molecule has 1 spiro atoms. The van der Waals surface area contributed by atoms with Crippen LogP contribution in [0.25, 0.3) is 0 Å². The summed E-state index contributed by atoms with van der Waals surface area (Å²) in [5.41, 5.74) is 0.242. The molecule has 2 fully saturated rings. The van der Waals surface area contributed by atoms with Crippen LogP contribution >= 0.6 is 0 Å². The number of carbonyl (C=O) groups is 4.